The van der Waals surface area contributed by atoms with Crippen LogP contribution >= 0.6 is 22.6 Å². The number of hydrogen-bond donors (Lipinski definition) is 0. The van der Waals surface area contributed by atoms with Crippen molar-refractivity contribution < 1.29 is 0 Å². The first kappa shape index (κ1) is 9.70. The Kier molecular flexibility index (Phi) is 2.85. The van der Waals surface area contributed by atoms with Gasteiger partial charge in [0.25, 0.3) is 0 Å². The quantitative estimate of drug-likeness (QED) is 0.810. The Morgan fingerprint density at radius 3 is 2.93 bits per heavy atom. The molecule has 0 aliphatic carbocycles. The van der Waals surface area contributed by atoms with Crippen molar-refractivity contribution >= 4 is 22.6 Å². The maximum Gasteiger partial charge on any atom is 0.0948 e. The minimum absolute atomic E-state index is 0.789. The van der Waals surface area contributed by atoms with E-state index in [-0.39, 0.29) is 0 Å². The molecule has 0 atom stereocenters. The predicted octanol–water partition coefficient (Wildman–Crippen LogP) is 1.75. The van der Waals surface area contributed by atoms with E-state index in [4.69, 9.17) is 0 Å². The minimum Gasteiger partial charge on any atom is -0.333 e. The molecule has 2 rings (SSSR count). The first-order chi connectivity index (χ1) is 6.79. The molecule has 0 N–H and O–H groups in total. The molecule has 0 aliphatic heterocycles. The Bertz CT molecular complexity index is 418. The van der Waals surface area contributed by atoms with Gasteiger partial charge in [-0.3, -0.25) is 4.68 Å². The van der Waals surface area contributed by atoms with Gasteiger partial charge < -0.3 is 4.57 Å². The number of hydrogen-bond acceptors (Lipinski definition) is 2. The second kappa shape index (κ2) is 4.12. The molecule has 0 saturated carbocycles. The lowest BCUT2D eigenvalue weighted by atomic mass is 10.4. The summed E-state index contributed by atoms with van der Waals surface area (Å²) >= 11 is 2.25. The summed E-state index contributed by atoms with van der Waals surface area (Å²) < 4.78 is 5.20. The molecule has 4 nitrogen and oxygen atoms in total. The smallest absolute Gasteiger partial charge is 0.0948 e. The monoisotopic (exact) mass is 302 g/mol. The van der Waals surface area contributed by atoms with Crippen LogP contribution in [0, 0.1) is 3.57 Å². The van der Waals surface area contributed by atoms with Gasteiger partial charge in [0.1, 0.15) is 0 Å². The third kappa shape index (κ3) is 1.97. The van der Waals surface area contributed by atoms with Crippen molar-refractivity contribution in [1.82, 2.24) is 19.3 Å². The number of imidazole rings is 1. The Balaban J connectivity index is 2.18. The van der Waals surface area contributed by atoms with Crippen molar-refractivity contribution in [3.05, 3.63) is 34.2 Å². The fourth-order valence-corrected chi connectivity index (χ4v) is 1.80. The minimum atomic E-state index is 0.789. The van der Waals surface area contributed by atoms with Gasteiger partial charge in [-0.2, -0.15) is 5.10 Å². The highest BCUT2D eigenvalue weighted by atomic mass is 127. The van der Waals surface area contributed by atoms with E-state index in [1.807, 2.05) is 29.6 Å². The zero-order valence-corrected chi connectivity index (χ0v) is 10.0. The maximum atomic E-state index is 4.23. The third-order valence-corrected chi connectivity index (χ3v) is 2.62. The van der Waals surface area contributed by atoms with Crippen LogP contribution in [-0.2, 0) is 13.1 Å². The largest absolute Gasteiger partial charge is 0.333 e. The molecule has 2 aromatic heterocycles. The normalized spacial score (nSPS) is 10.7. The summed E-state index contributed by atoms with van der Waals surface area (Å²) in [6.07, 6.45) is 7.61. The molecule has 2 aromatic rings. The molecule has 0 aromatic carbocycles. The highest BCUT2D eigenvalue weighted by Crippen LogP contribution is 2.05. The summed E-state index contributed by atoms with van der Waals surface area (Å²) in [5, 5.41) is 4.23. The second-order valence-electron chi connectivity index (χ2n) is 3.03. The van der Waals surface area contributed by atoms with Crippen LogP contribution in [0.2, 0.25) is 0 Å². The molecule has 0 spiro atoms. The van der Waals surface area contributed by atoms with E-state index in [0.29, 0.717) is 0 Å². The van der Waals surface area contributed by atoms with Crippen LogP contribution in [0.25, 0.3) is 0 Å². The summed E-state index contributed by atoms with van der Waals surface area (Å²) in [5.41, 5.74) is 1.19. The van der Waals surface area contributed by atoms with Gasteiger partial charge in [0.15, 0.2) is 0 Å². The van der Waals surface area contributed by atoms with Crippen molar-refractivity contribution in [2.75, 3.05) is 0 Å². The topological polar surface area (TPSA) is 35.6 Å². The Hall–Kier alpha value is -0.850. The van der Waals surface area contributed by atoms with Gasteiger partial charge in [0.05, 0.1) is 34.5 Å². The summed E-state index contributed by atoms with van der Waals surface area (Å²) in [5.74, 6) is 0. The average molecular weight is 302 g/mol. The van der Waals surface area contributed by atoms with E-state index in [0.717, 1.165) is 16.7 Å². The number of rotatable bonds is 3. The molecule has 0 radical (unpaired) electrons. The van der Waals surface area contributed by atoms with Crippen LogP contribution in [0.4, 0.5) is 0 Å². The second-order valence-corrected chi connectivity index (χ2v) is 4.27. The molecule has 74 valence electrons. The Morgan fingerprint density at radius 2 is 2.29 bits per heavy atom. The molecule has 0 bridgehead atoms. The summed E-state index contributed by atoms with van der Waals surface area (Å²) in [7, 11) is 0. The predicted molar refractivity (Wildman–Crippen MR) is 61.9 cm³/mol. The SMILES string of the molecule is CCn1cncc1Cn1cc(I)cn1. The zero-order chi connectivity index (χ0) is 9.97. The van der Waals surface area contributed by atoms with Crippen LogP contribution in [0.1, 0.15) is 12.6 Å². The summed E-state index contributed by atoms with van der Waals surface area (Å²) in [6.45, 7) is 3.85. The molecule has 0 fully saturated rings. The number of aryl methyl sites for hydroxylation is 1. The molecule has 5 heteroatoms. The van der Waals surface area contributed by atoms with Gasteiger partial charge in [0, 0.05) is 12.7 Å². The maximum absolute atomic E-state index is 4.23. The molecule has 0 amide bonds. The number of nitrogens with zero attached hydrogens (tertiary/aromatic N) is 4. The highest BCUT2D eigenvalue weighted by molar-refractivity contribution is 14.1. The lowest BCUT2D eigenvalue weighted by molar-refractivity contribution is 0.622. The Labute approximate surface area is 96.1 Å². The van der Waals surface area contributed by atoms with Gasteiger partial charge in [-0.1, -0.05) is 0 Å². The van der Waals surface area contributed by atoms with Crippen LogP contribution in [0.15, 0.2) is 24.9 Å². The van der Waals surface area contributed by atoms with Gasteiger partial charge in [-0.05, 0) is 29.5 Å². The molecule has 0 aliphatic rings. The van der Waals surface area contributed by atoms with Crippen LogP contribution in [0.5, 0.6) is 0 Å². The van der Waals surface area contributed by atoms with Crippen molar-refractivity contribution in [2.24, 2.45) is 0 Å². The van der Waals surface area contributed by atoms with Crippen molar-refractivity contribution in [3.8, 4) is 0 Å². The molecule has 2 heterocycles. The summed E-state index contributed by atoms with van der Waals surface area (Å²) in [6, 6.07) is 0. The van der Waals surface area contributed by atoms with Crippen molar-refractivity contribution in [2.45, 2.75) is 20.0 Å². The molecule has 14 heavy (non-hydrogen) atoms. The lowest BCUT2D eigenvalue weighted by Crippen LogP contribution is -2.06. The molecular formula is C9H11IN4. The van der Waals surface area contributed by atoms with Gasteiger partial charge >= 0.3 is 0 Å². The Morgan fingerprint density at radius 1 is 1.43 bits per heavy atom. The van der Waals surface area contributed by atoms with Gasteiger partial charge in [-0.25, -0.2) is 4.98 Å². The molecular weight excluding hydrogens is 291 g/mol. The van der Waals surface area contributed by atoms with Gasteiger partial charge in [-0.15, -0.1) is 0 Å². The molecule has 0 unspecified atom stereocenters. The first-order valence-electron chi connectivity index (χ1n) is 4.46. The first-order valence-corrected chi connectivity index (χ1v) is 5.54. The van der Waals surface area contributed by atoms with E-state index in [2.05, 4.69) is 44.2 Å². The zero-order valence-electron chi connectivity index (χ0n) is 7.89. The van der Waals surface area contributed by atoms with Crippen LogP contribution in [-0.4, -0.2) is 19.3 Å². The van der Waals surface area contributed by atoms with E-state index in [1.54, 1.807) is 0 Å². The lowest BCUT2D eigenvalue weighted by Gasteiger charge is -2.04. The number of aromatic nitrogens is 4. The van der Waals surface area contributed by atoms with E-state index < -0.39 is 0 Å². The van der Waals surface area contributed by atoms with Crippen molar-refractivity contribution in [3.63, 3.8) is 0 Å². The van der Waals surface area contributed by atoms with Crippen LogP contribution < -0.4 is 0 Å². The standard InChI is InChI=1S/C9H11IN4/c1-2-13-7-11-4-9(13)6-14-5-8(10)3-12-14/h3-5,7H,2,6H2,1H3. The third-order valence-electron chi connectivity index (χ3n) is 2.06. The van der Waals surface area contributed by atoms with E-state index in [9.17, 15) is 0 Å². The number of halogens is 1. The fourth-order valence-electron chi connectivity index (χ4n) is 1.36. The van der Waals surface area contributed by atoms with E-state index in [1.165, 1.54) is 5.69 Å². The molecule has 0 saturated heterocycles. The van der Waals surface area contributed by atoms with Crippen molar-refractivity contribution in [1.29, 1.82) is 0 Å². The van der Waals surface area contributed by atoms with Gasteiger partial charge in [0.2, 0.25) is 0 Å². The average Bonchev–Trinajstić information content (AvgIpc) is 2.76. The van der Waals surface area contributed by atoms with E-state index >= 15 is 0 Å². The highest BCUT2D eigenvalue weighted by Gasteiger charge is 2.02. The van der Waals surface area contributed by atoms with Crippen LogP contribution in [0.3, 0.4) is 0 Å². The fraction of sp³-hybridized carbons (Fsp3) is 0.333. The summed E-state index contributed by atoms with van der Waals surface area (Å²) in [4.78, 5) is 4.12.